The SMILES string of the molecule is Cc1ccc(-c2nc(C3CC(=O)N(c4cccc(C(C)C)c4)C3)no2)cc1. The van der Waals surface area contributed by atoms with E-state index in [1.165, 1.54) is 11.1 Å². The lowest BCUT2D eigenvalue weighted by Crippen LogP contribution is -2.24. The minimum Gasteiger partial charge on any atom is -0.334 e. The van der Waals surface area contributed by atoms with E-state index >= 15 is 0 Å². The number of hydrogen-bond donors (Lipinski definition) is 0. The molecule has 0 radical (unpaired) electrons. The van der Waals surface area contributed by atoms with Crippen LogP contribution >= 0.6 is 0 Å². The maximum Gasteiger partial charge on any atom is 0.257 e. The molecule has 27 heavy (non-hydrogen) atoms. The molecule has 2 heterocycles. The van der Waals surface area contributed by atoms with Gasteiger partial charge in [0.1, 0.15) is 0 Å². The Morgan fingerprint density at radius 3 is 2.67 bits per heavy atom. The minimum absolute atomic E-state index is 0.0526. The van der Waals surface area contributed by atoms with Gasteiger partial charge in [-0.1, -0.05) is 48.8 Å². The van der Waals surface area contributed by atoms with Crippen LogP contribution in [0.15, 0.2) is 53.1 Å². The molecule has 3 aromatic rings. The predicted octanol–water partition coefficient (Wildman–Crippen LogP) is 4.69. The van der Waals surface area contributed by atoms with Gasteiger partial charge in [0, 0.05) is 30.1 Å². The number of carbonyl (C=O) groups is 1. The van der Waals surface area contributed by atoms with Crippen LogP contribution in [0.25, 0.3) is 11.5 Å². The second-order valence-corrected chi connectivity index (χ2v) is 7.48. The van der Waals surface area contributed by atoms with E-state index in [-0.39, 0.29) is 11.8 Å². The topological polar surface area (TPSA) is 59.2 Å². The van der Waals surface area contributed by atoms with Crippen molar-refractivity contribution in [3.8, 4) is 11.5 Å². The van der Waals surface area contributed by atoms with Crippen molar-refractivity contribution in [3.63, 3.8) is 0 Å². The third kappa shape index (κ3) is 3.50. The number of aromatic nitrogens is 2. The fourth-order valence-corrected chi connectivity index (χ4v) is 3.40. The van der Waals surface area contributed by atoms with E-state index in [9.17, 15) is 4.79 Å². The molecular formula is C22H23N3O2. The van der Waals surface area contributed by atoms with Crippen LogP contribution < -0.4 is 4.90 Å². The van der Waals surface area contributed by atoms with Crippen molar-refractivity contribution in [1.82, 2.24) is 10.1 Å². The Bertz CT molecular complexity index is 960. The molecule has 1 amide bonds. The van der Waals surface area contributed by atoms with Crippen LogP contribution in [0.4, 0.5) is 5.69 Å². The minimum atomic E-state index is -0.0526. The van der Waals surface area contributed by atoms with Crippen molar-refractivity contribution in [2.75, 3.05) is 11.4 Å². The van der Waals surface area contributed by atoms with Gasteiger partial charge in [0.25, 0.3) is 5.89 Å². The van der Waals surface area contributed by atoms with E-state index < -0.39 is 0 Å². The Labute approximate surface area is 159 Å². The van der Waals surface area contributed by atoms with Crippen LogP contribution in [0.5, 0.6) is 0 Å². The number of amides is 1. The molecule has 138 valence electrons. The summed E-state index contributed by atoms with van der Waals surface area (Å²) in [5.41, 5.74) is 4.24. The highest BCUT2D eigenvalue weighted by Gasteiger charge is 2.34. The third-order valence-corrected chi connectivity index (χ3v) is 5.08. The van der Waals surface area contributed by atoms with Crippen molar-refractivity contribution in [1.29, 1.82) is 0 Å². The lowest BCUT2D eigenvalue weighted by molar-refractivity contribution is -0.117. The van der Waals surface area contributed by atoms with Crippen molar-refractivity contribution in [3.05, 3.63) is 65.5 Å². The first-order chi connectivity index (χ1) is 13.0. The Morgan fingerprint density at radius 1 is 1.15 bits per heavy atom. The lowest BCUT2D eigenvalue weighted by atomic mass is 10.0. The number of anilines is 1. The summed E-state index contributed by atoms with van der Waals surface area (Å²) >= 11 is 0. The monoisotopic (exact) mass is 361 g/mol. The molecule has 0 spiro atoms. The molecule has 5 heteroatoms. The molecular weight excluding hydrogens is 338 g/mol. The van der Waals surface area contributed by atoms with E-state index in [0.29, 0.717) is 30.6 Å². The van der Waals surface area contributed by atoms with Crippen LogP contribution in [-0.2, 0) is 4.79 Å². The summed E-state index contributed by atoms with van der Waals surface area (Å²) in [7, 11) is 0. The summed E-state index contributed by atoms with van der Waals surface area (Å²) in [5.74, 6) is 1.57. The Kier molecular flexibility index (Phi) is 4.52. The Morgan fingerprint density at radius 2 is 1.93 bits per heavy atom. The highest BCUT2D eigenvalue weighted by Crippen LogP contribution is 2.32. The molecule has 0 aliphatic carbocycles. The first-order valence-corrected chi connectivity index (χ1v) is 9.32. The van der Waals surface area contributed by atoms with Crippen molar-refractivity contribution in [2.24, 2.45) is 0 Å². The summed E-state index contributed by atoms with van der Waals surface area (Å²) in [5, 5.41) is 4.14. The summed E-state index contributed by atoms with van der Waals surface area (Å²) in [6, 6.07) is 16.2. The molecule has 1 unspecified atom stereocenters. The highest BCUT2D eigenvalue weighted by atomic mass is 16.5. The molecule has 0 saturated carbocycles. The number of rotatable bonds is 4. The van der Waals surface area contributed by atoms with Gasteiger partial charge in [-0.15, -0.1) is 0 Å². The normalized spacial score (nSPS) is 17.1. The molecule has 1 aliphatic heterocycles. The quantitative estimate of drug-likeness (QED) is 0.676. The van der Waals surface area contributed by atoms with Gasteiger partial charge in [0.2, 0.25) is 5.91 Å². The molecule has 4 rings (SSSR count). The van der Waals surface area contributed by atoms with Crippen LogP contribution in [-0.4, -0.2) is 22.6 Å². The van der Waals surface area contributed by atoms with E-state index in [1.54, 1.807) is 0 Å². The molecule has 1 fully saturated rings. The van der Waals surface area contributed by atoms with Gasteiger partial charge in [-0.25, -0.2) is 0 Å². The van der Waals surface area contributed by atoms with Crippen molar-refractivity contribution >= 4 is 11.6 Å². The zero-order valence-electron chi connectivity index (χ0n) is 15.8. The molecule has 1 saturated heterocycles. The molecule has 0 N–H and O–H groups in total. The van der Waals surface area contributed by atoms with Gasteiger partial charge in [-0.3, -0.25) is 4.79 Å². The first kappa shape index (κ1) is 17.5. The van der Waals surface area contributed by atoms with Gasteiger partial charge in [0.15, 0.2) is 5.82 Å². The van der Waals surface area contributed by atoms with Gasteiger partial charge in [-0.05, 0) is 42.7 Å². The number of nitrogens with zero attached hydrogens (tertiary/aromatic N) is 3. The summed E-state index contributed by atoms with van der Waals surface area (Å²) in [4.78, 5) is 19.0. The molecule has 5 nitrogen and oxygen atoms in total. The average Bonchev–Trinajstić information content (AvgIpc) is 3.29. The zero-order valence-corrected chi connectivity index (χ0v) is 15.8. The molecule has 1 aliphatic rings. The Hall–Kier alpha value is -2.95. The second-order valence-electron chi connectivity index (χ2n) is 7.48. The molecule has 1 atom stereocenters. The maximum absolute atomic E-state index is 12.6. The number of aryl methyl sites for hydroxylation is 1. The lowest BCUT2D eigenvalue weighted by Gasteiger charge is -2.18. The van der Waals surface area contributed by atoms with E-state index in [0.717, 1.165) is 11.3 Å². The summed E-state index contributed by atoms with van der Waals surface area (Å²) < 4.78 is 5.44. The van der Waals surface area contributed by atoms with Gasteiger partial charge < -0.3 is 9.42 Å². The first-order valence-electron chi connectivity index (χ1n) is 9.32. The number of hydrogen-bond acceptors (Lipinski definition) is 4. The maximum atomic E-state index is 12.6. The van der Waals surface area contributed by atoms with Crippen molar-refractivity contribution < 1.29 is 9.32 Å². The van der Waals surface area contributed by atoms with Crippen LogP contribution in [0.1, 0.15) is 49.1 Å². The van der Waals surface area contributed by atoms with E-state index in [2.05, 4.69) is 36.1 Å². The van der Waals surface area contributed by atoms with Crippen LogP contribution in [0, 0.1) is 6.92 Å². The van der Waals surface area contributed by atoms with Gasteiger partial charge in [-0.2, -0.15) is 4.98 Å². The number of benzene rings is 2. The predicted molar refractivity (Wildman–Crippen MR) is 105 cm³/mol. The molecule has 0 bridgehead atoms. The fourth-order valence-electron chi connectivity index (χ4n) is 3.40. The van der Waals surface area contributed by atoms with Crippen LogP contribution in [0.3, 0.4) is 0 Å². The van der Waals surface area contributed by atoms with Crippen molar-refractivity contribution in [2.45, 2.75) is 39.0 Å². The smallest absolute Gasteiger partial charge is 0.257 e. The average molecular weight is 361 g/mol. The highest BCUT2D eigenvalue weighted by molar-refractivity contribution is 5.96. The van der Waals surface area contributed by atoms with Gasteiger partial charge >= 0.3 is 0 Å². The zero-order chi connectivity index (χ0) is 19.0. The van der Waals surface area contributed by atoms with Gasteiger partial charge in [0.05, 0.1) is 0 Å². The summed E-state index contributed by atoms with van der Waals surface area (Å²) in [6.07, 6.45) is 0.402. The largest absolute Gasteiger partial charge is 0.334 e. The Balaban J connectivity index is 1.54. The standard InChI is InChI=1S/C22H23N3O2/c1-14(2)17-5-4-6-19(11-17)25-13-18(12-20(25)26)21-23-22(27-24-21)16-9-7-15(3)8-10-16/h4-11,14,18H,12-13H2,1-3H3. The molecule has 1 aromatic heterocycles. The van der Waals surface area contributed by atoms with Crippen LogP contribution in [0.2, 0.25) is 0 Å². The number of carbonyl (C=O) groups excluding carboxylic acids is 1. The third-order valence-electron chi connectivity index (χ3n) is 5.08. The second kappa shape index (κ2) is 6.99. The summed E-state index contributed by atoms with van der Waals surface area (Å²) in [6.45, 7) is 6.92. The molecule has 2 aromatic carbocycles. The van der Waals surface area contributed by atoms with E-state index in [4.69, 9.17) is 4.52 Å². The fraction of sp³-hybridized carbons (Fsp3) is 0.318. The van der Waals surface area contributed by atoms with E-state index in [1.807, 2.05) is 48.2 Å².